The van der Waals surface area contributed by atoms with E-state index in [-0.39, 0.29) is 6.17 Å². The SMILES string of the molecule is c1ccc(C2=NC(c3ccccc3)N=C(c3ccc4c(c3)oc3ccc(-c5cccc6c5-c5ccccc5C6(c5ccccc5)c5ccccc5)cc34)N2)cc1. The number of nitrogens with one attached hydrogen (secondary N) is 1. The van der Waals surface area contributed by atoms with Crippen molar-refractivity contribution in [2.24, 2.45) is 9.98 Å². The molecular formula is C52H35N3O. The summed E-state index contributed by atoms with van der Waals surface area (Å²) in [5, 5.41) is 5.68. The van der Waals surface area contributed by atoms with Crippen LogP contribution in [0.3, 0.4) is 0 Å². The third-order valence-corrected chi connectivity index (χ3v) is 11.4. The van der Waals surface area contributed by atoms with Crippen LogP contribution in [0.2, 0.25) is 0 Å². The molecule has 1 aliphatic carbocycles. The van der Waals surface area contributed by atoms with Crippen molar-refractivity contribution in [2.75, 3.05) is 0 Å². The van der Waals surface area contributed by atoms with Crippen LogP contribution in [0.15, 0.2) is 215 Å². The first-order valence-corrected chi connectivity index (χ1v) is 19.1. The molecule has 2 aliphatic rings. The van der Waals surface area contributed by atoms with Crippen molar-refractivity contribution in [3.05, 3.63) is 239 Å². The summed E-state index contributed by atoms with van der Waals surface area (Å²) < 4.78 is 6.58. The van der Waals surface area contributed by atoms with Crippen LogP contribution >= 0.6 is 0 Å². The Morgan fingerprint density at radius 3 is 1.75 bits per heavy atom. The minimum absolute atomic E-state index is 0.364. The molecule has 0 saturated carbocycles. The molecule has 4 heteroatoms. The van der Waals surface area contributed by atoms with E-state index in [4.69, 9.17) is 14.4 Å². The lowest BCUT2D eigenvalue weighted by Crippen LogP contribution is -2.36. The summed E-state index contributed by atoms with van der Waals surface area (Å²) in [5.74, 6) is 1.55. The van der Waals surface area contributed by atoms with Crippen molar-refractivity contribution in [3.8, 4) is 22.3 Å². The third-order valence-electron chi connectivity index (χ3n) is 11.4. The Hall–Kier alpha value is -7.30. The zero-order valence-electron chi connectivity index (χ0n) is 30.4. The Balaban J connectivity index is 1.04. The summed E-state index contributed by atoms with van der Waals surface area (Å²) >= 11 is 0. The van der Waals surface area contributed by atoms with Gasteiger partial charge in [-0.2, -0.15) is 0 Å². The van der Waals surface area contributed by atoms with Gasteiger partial charge in [-0.25, -0.2) is 9.98 Å². The van der Waals surface area contributed by atoms with Gasteiger partial charge >= 0.3 is 0 Å². The van der Waals surface area contributed by atoms with E-state index in [1.165, 1.54) is 38.9 Å². The number of benzene rings is 8. The number of aliphatic imine (C=N–C) groups is 2. The molecule has 0 spiro atoms. The fourth-order valence-corrected chi connectivity index (χ4v) is 8.94. The van der Waals surface area contributed by atoms with Gasteiger partial charge in [-0.3, -0.25) is 0 Å². The van der Waals surface area contributed by atoms with Gasteiger partial charge in [0.05, 0.1) is 5.41 Å². The molecule has 0 bridgehead atoms. The standard InChI is InChI=1S/C52H35N3O/c1-5-16-34(17-6-1)49-53-50(35-18-7-2-8-19-35)55-51(54-49)37-28-30-41-43-32-36(29-31-46(43)56-47(41)33-37)40-25-15-27-45-48(40)42-24-13-14-26-44(42)52(45,38-20-9-3-10-21-38)39-22-11-4-12-23-39/h1-33,49H,(H,53,54,55). The Labute approximate surface area is 325 Å². The van der Waals surface area contributed by atoms with Gasteiger partial charge in [-0.1, -0.05) is 176 Å². The molecule has 1 atom stereocenters. The van der Waals surface area contributed by atoms with E-state index in [1.807, 2.05) is 36.4 Å². The van der Waals surface area contributed by atoms with Crippen molar-refractivity contribution < 1.29 is 4.42 Å². The van der Waals surface area contributed by atoms with E-state index < -0.39 is 5.41 Å². The molecule has 0 amide bonds. The zero-order valence-corrected chi connectivity index (χ0v) is 30.4. The highest BCUT2D eigenvalue weighted by atomic mass is 16.3. The molecule has 264 valence electrons. The molecular weight excluding hydrogens is 683 g/mol. The van der Waals surface area contributed by atoms with E-state index in [0.717, 1.165) is 55.9 Å². The minimum atomic E-state index is -0.451. The molecule has 56 heavy (non-hydrogen) atoms. The first-order chi connectivity index (χ1) is 27.8. The normalized spacial score (nSPS) is 15.5. The Morgan fingerprint density at radius 1 is 0.429 bits per heavy atom. The molecule has 1 aliphatic heterocycles. The summed E-state index contributed by atoms with van der Waals surface area (Å²) in [6.07, 6.45) is -0.364. The van der Waals surface area contributed by atoms with Gasteiger partial charge in [0.25, 0.3) is 0 Å². The van der Waals surface area contributed by atoms with Crippen molar-refractivity contribution in [1.82, 2.24) is 5.32 Å². The second-order valence-electron chi connectivity index (χ2n) is 14.5. The van der Waals surface area contributed by atoms with Crippen molar-refractivity contribution in [1.29, 1.82) is 0 Å². The maximum Gasteiger partial charge on any atom is 0.169 e. The number of hydrogen-bond acceptors (Lipinski definition) is 4. The fourth-order valence-electron chi connectivity index (χ4n) is 8.94. The smallest absolute Gasteiger partial charge is 0.169 e. The van der Waals surface area contributed by atoms with Gasteiger partial charge in [0.2, 0.25) is 0 Å². The molecule has 11 rings (SSSR count). The fraction of sp³-hybridized carbons (Fsp3) is 0.0385. The summed E-state index contributed by atoms with van der Waals surface area (Å²) in [5.41, 5.74) is 14.2. The molecule has 1 aromatic heterocycles. The van der Waals surface area contributed by atoms with Gasteiger partial charge in [-0.05, 0) is 74.3 Å². The van der Waals surface area contributed by atoms with Crippen molar-refractivity contribution in [3.63, 3.8) is 0 Å². The summed E-state index contributed by atoms with van der Waals surface area (Å²) in [4.78, 5) is 10.1. The Bertz CT molecular complexity index is 2940. The largest absolute Gasteiger partial charge is 0.456 e. The van der Waals surface area contributed by atoms with Crippen LogP contribution in [0.5, 0.6) is 0 Å². The highest BCUT2D eigenvalue weighted by Crippen LogP contribution is 2.58. The maximum atomic E-state index is 6.58. The zero-order chi connectivity index (χ0) is 37.1. The number of hydrogen-bond donors (Lipinski definition) is 1. The highest BCUT2D eigenvalue weighted by Gasteiger charge is 2.46. The van der Waals surface area contributed by atoms with E-state index >= 15 is 0 Å². The quantitative estimate of drug-likeness (QED) is 0.186. The first kappa shape index (κ1) is 32.2. The molecule has 4 nitrogen and oxygen atoms in total. The van der Waals surface area contributed by atoms with Crippen LogP contribution in [0, 0.1) is 0 Å². The maximum absolute atomic E-state index is 6.58. The van der Waals surface area contributed by atoms with Crippen LogP contribution < -0.4 is 5.32 Å². The van der Waals surface area contributed by atoms with Gasteiger partial charge < -0.3 is 9.73 Å². The average Bonchev–Trinajstić information content (AvgIpc) is 3.80. The lowest BCUT2D eigenvalue weighted by molar-refractivity contribution is 0.668. The first-order valence-electron chi connectivity index (χ1n) is 19.1. The molecule has 9 aromatic rings. The van der Waals surface area contributed by atoms with Gasteiger partial charge in [0, 0.05) is 21.9 Å². The van der Waals surface area contributed by atoms with Crippen molar-refractivity contribution >= 4 is 33.6 Å². The van der Waals surface area contributed by atoms with Gasteiger partial charge in [-0.15, -0.1) is 0 Å². The van der Waals surface area contributed by atoms with E-state index in [2.05, 4.69) is 169 Å². The molecule has 1 unspecified atom stereocenters. The van der Waals surface area contributed by atoms with Crippen LogP contribution in [0.25, 0.3) is 44.2 Å². The topological polar surface area (TPSA) is 49.9 Å². The molecule has 0 fully saturated rings. The van der Waals surface area contributed by atoms with Gasteiger partial charge in [0.15, 0.2) is 6.17 Å². The number of rotatable bonds is 6. The molecule has 2 heterocycles. The third kappa shape index (κ3) is 5.00. The Morgan fingerprint density at radius 2 is 1.02 bits per heavy atom. The summed E-state index contributed by atoms with van der Waals surface area (Å²) in [6.45, 7) is 0. The lowest BCUT2D eigenvalue weighted by atomic mass is 9.67. The average molecular weight is 718 g/mol. The van der Waals surface area contributed by atoms with E-state index in [1.54, 1.807) is 0 Å². The second-order valence-corrected chi connectivity index (χ2v) is 14.5. The predicted octanol–water partition coefficient (Wildman–Crippen LogP) is 12.1. The molecule has 0 saturated heterocycles. The molecule has 0 radical (unpaired) electrons. The summed E-state index contributed by atoms with van der Waals surface area (Å²) in [7, 11) is 0. The second kappa shape index (κ2) is 12.9. The summed E-state index contributed by atoms with van der Waals surface area (Å²) in [6, 6.07) is 71.1. The minimum Gasteiger partial charge on any atom is -0.456 e. The number of amidine groups is 2. The number of furan rings is 1. The Kier molecular flexibility index (Phi) is 7.42. The number of nitrogens with zero attached hydrogens (tertiary/aromatic N) is 2. The number of fused-ring (bicyclic) bond motifs is 6. The highest BCUT2D eigenvalue weighted by molar-refractivity contribution is 6.17. The van der Waals surface area contributed by atoms with Crippen LogP contribution in [-0.2, 0) is 5.41 Å². The predicted molar refractivity (Wildman–Crippen MR) is 228 cm³/mol. The van der Waals surface area contributed by atoms with Crippen LogP contribution in [-0.4, -0.2) is 11.7 Å². The van der Waals surface area contributed by atoms with E-state index in [0.29, 0.717) is 0 Å². The van der Waals surface area contributed by atoms with Crippen LogP contribution in [0.4, 0.5) is 0 Å². The van der Waals surface area contributed by atoms with E-state index in [9.17, 15) is 0 Å². The monoisotopic (exact) mass is 717 g/mol. The lowest BCUT2D eigenvalue weighted by Gasteiger charge is -2.34. The van der Waals surface area contributed by atoms with Crippen molar-refractivity contribution in [2.45, 2.75) is 11.6 Å². The van der Waals surface area contributed by atoms with Crippen LogP contribution in [0.1, 0.15) is 45.1 Å². The molecule has 8 aromatic carbocycles. The molecule has 1 N–H and O–H groups in total. The van der Waals surface area contributed by atoms with Gasteiger partial charge in [0.1, 0.15) is 22.8 Å².